The van der Waals surface area contributed by atoms with Gasteiger partial charge in [-0.05, 0) is 43.2 Å². The number of benzene rings is 1. The van der Waals surface area contributed by atoms with Gasteiger partial charge in [0.15, 0.2) is 0 Å². The first-order chi connectivity index (χ1) is 9.66. The van der Waals surface area contributed by atoms with Crippen LogP contribution >= 0.6 is 0 Å². The van der Waals surface area contributed by atoms with Crippen LogP contribution in [0, 0.1) is 5.92 Å². The number of amides is 1. The zero-order chi connectivity index (χ0) is 14.1. The lowest BCUT2D eigenvalue weighted by Gasteiger charge is -2.35. The quantitative estimate of drug-likeness (QED) is 0.896. The summed E-state index contributed by atoms with van der Waals surface area (Å²) >= 11 is 0. The molecule has 1 heterocycles. The molecule has 2 aliphatic rings. The minimum atomic E-state index is -0.00412. The summed E-state index contributed by atoms with van der Waals surface area (Å²) in [6, 6.07) is 8.62. The van der Waals surface area contributed by atoms with E-state index in [1.165, 1.54) is 12.8 Å². The van der Waals surface area contributed by atoms with Crippen molar-refractivity contribution in [2.75, 3.05) is 18.9 Å². The Morgan fingerprint density at radius 2 is 1.90 bits per heavy atom. The molecule has 1 saturated carbocycles. The maximum atomic E-state index is 12.8. The predicted octanol–water partition coefficient (Wildman–Crippen LogP) is 3.23. The Kier molecular flexibility index (Phi) is 3.68. The molecule has 1 aliphatic heterocycles. The van der Waals surface area contributed by atoms with Crippen LogP contribution in [0.2, 0.25) is 0 Å². The van der Waals surface area contributed by atoms with E-state index in [0.717, 1.165) is 36.6 Å². The average molecular weight is 272 g/mol. The third kappa shape index (κ3) is 2.41. The monoisotopic (exact) mass is 272 g/mol. The number of anilines is 1. The van der Waals surface area contributed by atoms with E-state index in [0.29, 0.717) is 6.04 Å². The average Bonchev–Trinajstić information content (AvgIpc) is 2.90. The van der Waals surface area contributed by atoms with Gasteiger partial charge in [0, 0.05) is 25.3 Å². The van der Waals surface area contributed by atoms with Crippen LogP contribution in [-0.2, 0) is 4.79 Å². The second-order valence-corrected chi connectivity index (χ2v) is 6.38. The van der Waals surface area contributed by atoms with Gasteiger partial charge in [0.25, 0.3) is 0 Å². The van der Waals surface area contributed by atoms with Crippen molar-refractivity contribution in [2.24, 2.45) is 5.92 Å². The molecule has 20 heavy (non-hydrogen) atoms. The molecule has 108 valence electrons. The molecule has 1 fully saturated rings. The minimum absolute atomic E-state index is 0.00412. The number of para-hydroxylation sites is 1. The highest BCUT2D eigenvalue weighted by molar-refractivity contribution is 5.88. The molecule has 3 rings (SSSR count). The molecule has 3 nitrogen and oxygen atoms in total. The fraction of sp³-hybridized carbons (Fsp3) is 0.588. The van der Waals surface area contributed by atoms with Crippen LogP contribution in [-0.4, -0.2) is 30.4 Å². The van der Waals surface area contributed by atoms with Crippen molar-refractivity contribution in [3.05, 3.63) is 29.8 Å². The normalized spacial score (nSPS) is 28.6. The second-order valence-electron chi connectivity index (χ2n) is 6.38. The fourth-order valence-electron chi connectivity index (χ4n) is 3.56. The number of hydrogen-bond donors (Lipinski definition) is 1. The molecular weight excluding hydrogens is 248 g/mol. The van der Waals surface area contributed by atoms with E-state index in [1.807, 2.05) is 24.1 Å². The van der Waals surface area contributed by atoms with Crippen LogP contribution in [0.4, 0.5) is 5.69 Å². The van der Waals surface area contributed by atoms with Gasteiger partial charge < -0.3 is 10.2 Å². The maximum absolute atomic E-state index is 12.8. The van der Waals surface area contributed by atoms with Gasteiger partial charge in [0.05, 0.1) is 5.92 Å². The molecule has 1 amide bonds. The first kappa shape index (κ1) is 13.5. The van der Waals surface area contributed by atoms with E-state index < -0.39 is 0 Å². The van der Waals surface area contributed by atoms with Crippen molar-refractivity contribution in [1.82, 2.24) is 4.90 Å². The molecule has 0 saturated heterocycles. The third-order valence-corrected chi connectivity index (χ3v) is 5.01. The molecule has 0 radical (unpaired) electrons. The van der Waals surface area contributed by atoms with Gasteiger partial charge in [-0.15, -0.1) is 0 Å². The lowest BCUT2D eigenvalue weighted by molar-refractivity contribution is -0.133. The Labute approximate surface area is 121 Å². The molecular formula is C17H24N2O. The van der Waals surface area contributed by atoms with Crippen LogP contribution < -0.4 is 5.32 Å². The number of rotatable bonds is 2. The summed E-state index contributed by atoms with van der Waals surface area (Å²) in [6.07, 6.45) is 4.82. The summed E-state index contributed by atoms with van der Waals surface area (Å²) in [5, 5.41) is 3.35. The SMILES string of the molecule is CC1CCC(N(C)C(=O)C2CNc3ccccc32)CC1. The Balaban J connectivity index is 1.70. The number of nitrogens with one attached hydrogen (secondary N) is 1. The predicted molar refractivity (Wildman–Crippen MR) is 81.9 cm³/mol. The standard InChI is InChI=1S/C17H24N2O/c1-12-7-9-13(10-8-12)19(2)17(20)15-11-18-16-6-4-3-5-14(15)16/h3-6,12-13,15,18H,7-11H2,1-2H3. The zero-order valence-corrected chi connectivity index (χ0v) is 12.4. The molecule has 3 heteroatoms. The fourth-order valence-corrected chi connectivity index (χ4v) is 3.56. The van der Waals surface area contributed by atoms with E-state index >= 15 is 0 Å². The maximum Gasteiger partial charge on any atom is 0.231 e. The van der Waals surface area contributed by atoms with Crippen LogP contribution in [0.3, 0.4) is 0 Å². The molecule has 0 spiro atoms. The summed E-state index contributed by atoms with van der Waals surface area (Å²) in [5.41, 5.74) is 2.28. The van der Waals surface area contributed by atoms with Crippen LogP contribution in [0.15, 0.2) is 24.3 Å². The van der Waals surface area contributed by atoms with Gasteiger partial charge in [0.2, 0.25) is 5.91 Å². The second kappa shape index (κ2) is 5.47. The summed E-state index contributed by atoms with van der Waals surface area (Å²) in [7, 11) is 1.99. The van der Waals surface area contributed by atoms with Crippen LogP contribution in [0.1, 0.15) is 44.1 Å². The number of carbonyl (C=O) groups excluding carboxylic acids is 1. The number of nitrogens with zero attached hydrogens (tertiary/aromatic N) is 1. The van der Waals surface area contributed by atoms with E-state index in [4.69, 9.17) is 0 Å². The van der Waals surface area contributed by atoms with E-state index in [1.54, 1.807) is 0 Å². The highest BCUT2D eigenvalue weighted by Crippen LogP contribution is 2.34. The summed E-state index contributed by atoms with van der Waals surface area (Å²) in [6.45, 7) is 3.06. The summed E-state index contributed by atoms with van der Waals surface area (Å²) < 4.78 is 0. The smallest absolute Gasteiger partial charge is 0.231 e. The van der Waals surface area contributed by atoms with Gasteiger partial charge in [-0.2, -0.15) is 0 Å². The molecule has 1 atom stereocenters. The molecule has 0 aromatic heterocycles. The van der Waals surface area contributed by atoms with E-state index in [-0.39, 0.29) is 11.8 Å². The number of hydrogen-bond acceptors (Lipinski definition) is 2. The Morgan fingerprint density at radius 3 is 2.65 bits per heavy atom. The Bertz CT molecular complexity index is 492. The molecule has 1 unspecified atom stereocenters. The van der Waals surface area contributed by atoms with Gasteiger partial charge in [-0.1, -0.05) is 25.1 Å². The molecule has 0 bridgehead atoms. The van der Waals surface area contributed by atoms with Gasteiger partial charge in [0.1, 0.15) is 0 Å². The highest BCUT2D eigenvalue weighted by Gasteiger charge is 2.33. The topological polar surface area (TPSA) is 32.3 Å². The molecule has 1 aromatic carbocycles. The van der Waals surface area contributed by atoms with Crippen molar-refractivity contribution in [2.45, 2.75) is 44.6 Å². The lowest BCUT2D eigenvalue weighted by Crippen LogP contribution is -2.42. The van der Waals surface area contributed by atoms with Crippen molar-refractivity contribution >= 4 is 11.6 Å². The van der Waals surface area contributed by atoms with Crippen molar-refractivity contribution in [3.63, 3.8) is 0 Å². The summed E-state index contributed by atoms with van der Waals surface area (Å²) in [5.74, 6) is 1.10. The largest absolute Gasteiger partial charge is 0.384 e. The third-order valence-electron chi connectivity index (χ3n) is 5.01. The van der Waals surface area contributed by atoms with Crippen molar-refractivity contribution < 1.29 is 4.79 Å². The van der Waals surface area contributed by atoms with Gasteiger partial charge in [-0.3, -0.25) is 4.79 Å². The lowest BCUT2D eigenvalue weighted by atomic mass is 9.86. The number of likely N-dealkylation sites (N-methyl/N-ethyl adjacent to an activating group) is 1. The van der Waals surface area contributed by atoms with Gasteiger partial charge in [-0.25, -0.2) is 0 Å². The van der Waals surface area contributed by atoms with E-state index in [2.05, 4.69) is 24.4 Å². The first-order valence-electron chi connectivity index (χ1n) is 7.76. The summed E-state index contributed by atoms with van der Waals surface area (Å²) in [4.78, 5) is 14.8. The number of carbonyl (C=O) groups is 1. The van der Waals surface area contributed by atoms with Crippen LogP contribution in [0.5, 0.6) is 0 Å². The minimum Gasteiger partial charge on any atom is -0.384 e. The Morgan fingerprint density at radius 1 is 1.20 bits per heavy atom. The zero-order valence-electron chi connectivity index (χ0n) is 12.4. The number of fused-ring (bicyclic) bond motifs is 1. The highest BCUT2D eigenvalue weighted by atomic mass is 16.2. The molecule has 1 aliphatic carbocycles. The van der Waals surface area contributed by atoms with Crippen molar-refractivity contribution in [1.29, 1.82) is 0 Å². The molecule has 1 N–H and O–H groups in total. The molecule has 1 aromatic rings. The van der Waals surface area contributed by atoms with E-state index in [9.17, 15) is 4.79 Å². The Hall–Kier alpha value is -1.51. The van der Waals surface area contributed by atoms with Gasteiger partial charge >= 0.3 is 0 Å². The van der Waals surface area contributed by atoms with Crippen molar-refractivity contribution in [3.8, 4) is 0 Å². The first-order valence-corrected chi connectivity index (χ1v) is 7.76. The van der Waals surface area contributed by atoms with Crippen LogP contribution in [0.25, 0.3) is 0 Å².